The lowest BCUT2D eigenvalue weighted by Gasteiger charge is -2.17. The smallest absolute Gasteiger partial charge is 0.315 e. The molecule has 0 radical (unpaired) electrons. The molecule has 2 amide bonds. The van der Waals surface area contributed by atoms with Crippen molar-refractivity contribution in [2.75, 3.05) is 18.0 Å². The fourth-order valence-electron chi connectivity index (χ4n) is 3.47. The number of benzene rings is 1. The molecule has 8 heteroatoms. The van der Waals surface area contributed by atoms with Crippen LogP contribution in [-0.4, -0.2) is 40.1 Å². The number of amides is 2. The van der Waals surface area contributed by atoms with Crippen molar-refractivity contribution in [3.05, 3.63) is 58.9 Å². The summed E-state index contributed by atoms with van der Waals surface area (Å²) in [4.78, 5) is 29.1. The quantitative estimate of drug-likeness (QED) is 0.677. The van der Waals surface area contributed by atoms with Crippen LogP contribution in [0.3, 0.4) is 0 Å². The first-order valence-corrected chi connectivity index (χ1v) is 10.5. The molecule has 2 aromatic heterocycles. The molecule has 4 rings (SSSR count). The van der Waals surface area contributed by atoms with E-state index in [1.165, 1.54) is 0 Å². The predicted molar refractivity (Wildman–Crippen MR) is 115 cm³/mol. The molecule has 0 spiro atoms. The van der Waals surface area contributed by atoms with Gasteiger partial charge in [0, 0.05) is 31.9 Å². The van der Waals surface area contributed by atoms with Gasteiger partial charge in [0.25, 0.3) is 0 Å². The zero-order chi connectivity index (χ0) is 20.2. The van der Waals surface area contributed by atoms with Gasteiger partial charge in [-0.3, -0.25) is 0 Å². The maximum atomic E-state index is 12.2. The van der Waals surface area contributed by atoms with Gasteiger partial charge in [-0.25, -0.2) is 19.7 Å². The van der Waals surface area contributed by atoms with Crippen molar-refractivity contribution in [1.82, 2.24) is 25.6 Å². The van der Waals surface area contributed by atoms with Crippen LogP contribution in [0, 0.1) is 13.8 Å². The maximum Gasteiger partial charge on any atom is 0.315 e. The van der Waals surface area contributed by atoms with Gasteiger partial charge in [-0.2, -0.15) is 0 Å². The second kappa shape index (κ2) is 8.57. The minimum absolute atomic E-state index is 0.0745. The molecule has 29 heavy (non-hydrogen) atoms. The fourth-order valence-corrected chi connectivity index (χ4v) is 4.36. The molecule has 1 atom stereocenters. The molecule has 1 aromatic carbocycles. The van der Waals surface area contributed by atoms with E-state index in [0.717, 1.165) is 39.8 Å². The highest BCUT2D eigenvalue weighted by atomic mass is 32.1. The molecule has 1 aliphatic heterocycles. The number of nitrogens with one attached hydrogen (secondary N) is 2. The largest absolute Gasteiger partial charge is 0.339 e. The van der Waals surface area contributed by atoms with Crippen molar-refractivity contribution < 1.29 is 4.79 Å². The second-order valence-electron chi connectivity index (χ2n) is 7.13. The van der Waals surface area contributed by atoms with Crippen LogP contribution in [0.1, 0.15) is 22.7 Å². The molecule has 1 unspecified atom stereocenters. The van der Waals surface area contributed by atoms with Crippen LogP contribution in [-0.2, 0) is 6.54 Å². The predicted octanol–water partition coefficient (Wildman–Crippen LogP) is 3.30. The van der Waals surface area contributed by atoms with Crippen LogP contribution in [0.25, 0.3) is 10.6 Å². The number of aryl methyl sites for hydroxylation is 2. The highest BCUT2D eigenvalue weighted by Crippen LogP contribution is 2.29. The third-order valence-electron chi connectivity index (χ3n) is 4.88. The highest BCUT2D eigenvalue weighted by molar-refractivity contribution is 7.15. The van der Waals surface area contributed by atoms with E-state index in [0.29, 0.717) is 19.0 Å². The molecule has 150 valence electrons. The number of nitrogens with zero attached hydrogens (tertiary/aromatic N) is 4. The van der Waals surface area contributed by atoms with Gasteiger partial charge >= 0.3 is 6.03 Å². The van der Waals surface area contributed by atoms with Crippen LogP contribution in [0.4, 0.5) is 10.7 Å². The standard InChI is InChI=1S/C21H24N6OS/c1-14-19(29-15(2)24-14)18-8-10-22-20(26-18)27-11-9-17(13-27)25-21(28)23-12-16-6-4-3-5-7-16/h3-8,10,17H,9,11-13H2,1-2H3,(H2,23,25,28). The van der Waals surface area contributed by atoms with E-state index in [4.69, 9.17) is 4.98 Å². The summed E-state index contributed by atoms with van der Waals surface area (Å²) in [5.74, 6) is 0.696. The molecule has 3 aromatic rings. The summed E-state index contributed by atoms with van der Waals surface area (Å²) in [6.07, 6.45) is 2.66. The number of carbonyl (C=O) groups excluding carboxylic acids is 1. The van der Waals surface area contributed by atoms with E-state index in [1.54, 1.807) is 17.5 Å². The normalized spacial score (nSPS) is 16.1. The molecule has 7 nitrogen and oxygen atoms in total. The van der Waals surface area contributed by atoms with Crippen molar-refractivity contribution in [2.45, 2.75) is 32.9 Å². The van der Waals surface area contributed by atoms with Crippen molar-refractivity contribution in [3.63, 3.8) is 0 Å². The molecule has 0 aliphatic carbocycles. The Labute approximate surface area is 174 Å². The van der Waals surface area contributed by atoms with Crippen LogP contribution < -0.4 is 15.5 Å². The Kier molecular flexibility index (Phi) is 5.71. The first-order chi connectivity index (χ1) is 14.1. The Morgan fingerprint density at radius 2 is 2.03 bits per heavy atom. The van der Waals surface area contributed by atoms with Crippen molar-refractivity contribution in [2.24, 2.45) is 0 Å². The minimum atomic E-state index is -0.147. The molecule has 3 heterocycles. The molecular weight excluding hydrogens is 384 g/mol. The van der Waals surface area contributed by atoms with E-state index in [1.807, 2.05) is 50.2 Å². The zero-order valence-corrected chi connectivity index (χ0v) is 17.4. The van der Waals surface area contributed by atoms with Gasteiger partial charge in [-0.15, -0.1) is 11.3 Å². The number of anilines is 1. The van der Waals surface area contributed by atoms with Gasteiger partial charge < -0.3 is 15.5 Å². The minimum Gasteiger partial charge on any atom is -0.339 e. The lowest BCUT2D eigenvalue weighted by molar-refractivity contribution is 0.237. The lowest BCUT2D eigenvalue weighted by Crippen LogP contribution is -2.43. The Morgan fingerprint density at radius 3 is 2.79 bits per heavy atom. The van der Waals surface area contributed by atoms with E-state index >= 15 is 0 Å². The van der Waals surface area contributed by atoms with Gasteiger partial charge in [0.1, 0.15) is 0 Å². The highest BCUT2D eigenvalue weighted by Gasteiger charge is 2.26. The number of thiazole rings is 1. The van der Waals surface area contributed by atoms with E-state index < -0.39 is 0 Å². The molecule has 1 saturated heterocycles. The van der Waals surface area contributed by atoms with Crippen molar-refractivity contribution in [1.29, 1.82) is 0 Å². The Hall–Kier alpha value is -3.00. The number of hydrogen-bond donors (Lipinski definition) is 2. The van der Waals surface area contributed by atoms with E-state index in [9.17, 15) is 4.79 Å². The SMILES string of the molecule is Cc1nc(C)c(-c2ccnc(N3CCC(NC(=O)NCc4ccccc4)C3)n2)s1. The van der Waals surface area contributed by atoms with Crippen LogP contribution in [0.5, 0.6) is 0 Å². The van der Waals surface area contributed by atoms with Crippen molar-refractivity contribution >= 4 is 23.3 Å². The summed E-state index contributed by atoms with van der Waals surface area (Å²) in [5, 5.41) is 7.00. The lowest BCUT2D eigenvalue weighted by atomic mass is 10.2. The summed E-state index contributed by atoms with van der Waals surface area (Å²) >= 11 is 1.65. The molecular formula is C21H24N6OS. The molecule has 1 aliphatic rings. The average molecular weight is 409 g/mol. The Morgan fingerprint density at radius 1 is 1.21 bits per heavy atom. The third kappa shape index (κ3) is 4.71. The van der Waals surface area contributed by atoms with Gasteiger partial charge in [0.05, 0.1) is 21.3 Å². The summed E-state index contributed by atoms with van der Waals surface area (Å²) in [6.45, 7) is 6.03. The molecule has 1 fully saturated rings. The average Bonchev–Trinajstić information content (AvgIpc) is 3.33. The summed E-state index contributed by atoms with van der Waals surface area (Å²) < 4.78 is 0. The van der Waals surface area contributed by atoms with Gasteiger partial charge in [0.15, 0.2) is 0 Å². The second-order valence-corrected chi connectivity index (χ2v) is 8.34. The first kappa shape index (κ1) is 19.3. The summed E-state index contributed by atoms with van der Waals surface area (Å²) in [6, 6.07) is 11.7. The maximum absolute atomic E-state index is 12.2. The Bertz CT molecular complexity index is 990. The molecule has 0 bridgehead atoms. The van der Waals surface area contributed by atoms with Crippen LogP contribution in [0.15, 0.2) is 42.6 Å². The van der Waals surface area contributed by atoms with E-state index in [-0.39, 0.29) is 12.1 Å². The van der Waals surface area contributed by atoms with Gasteiger partial charge in [-0.05, 0) is 31.9 Å². The van der Waals surface area contributed by atoms with Crippen molar-refractivity contribution in [3.8, 4) is 10.6 Å². The number of aromatic nitrogens is 3. The number of hydrogen-bond acceptors (Lipinski definition) is 6. The molecule has 2 N–H and O–H groups in total. The van der Waals surface area contributed by atoms with E-state index in [2.05, 4.69) is 25.5 Å². The summed E-state index contributed by atoms with van der Waals surface area (Å²) in [7, 11) is 0. The number of urea groups is 1. The zero-order valence-electron chi connectivity index (χ0n) is 16.6. The fraction of sp³-hybridized carbons (Fsp3) is 0.333. The Balaban J connectivity index is 1.34. The monoisotopic (exact) mass is 408 g/mol. The van der Waals surface area contributed by atoms with Gasteiger partial charge in [0.2, 0.25) is 5.95 Å². The number of rotatable bonds is 5. The number of carbonyl (C=O) groups is 1. The van der Waals surface area contributed by atoms with Gasteiger partial charge in [-0.1, -0.05) is 30.3 Å². The van der Waals surface area contributed by atoms with Crippen LogP contribution in [0.2, 0.25) is 0 Å². The summed E-state index contributed by atoms with van der Waals surface area (Å²) in [5.41, 5.74) is 2.97. The van der Waals surface area contributed by atoms with Crippen LogP contribution >= 0.6 is 11.3 Å². The molecule has 0 saturated carbocycles. The third-order valence-corrected chi connectivity index (χ3v) is 5.98. The topological polar surface area (TPSA) is 83.0 Å². The first-order valence-electron chi connectivity index (χ1n) is 9.69.